The molecule has 0 fully saturated rings. The second-order valence-corrected chi connectivity index (χ2v) is 8.44. The molecule has 88 valence electrons. The zero-order valence-electron chi connectivity index (χ0n) is 10.5. The van der Waals surface area contributed by atoms with Gasteiger partial charge in [0.05, 0.1) is 0 Å². The largest absolute Gasteiger partial charge is 0.0924 e. The van der Waals surface area contributed by atoms with Gasteiger partial charge in [-0.25, -0.2) is 0 Å². The Labute approximate surface area is 104 Å². The minimum atomic E-state index is -1.50. The van der Waals surface area contributed by atoms with Crippen LogP contribution in [0.4, 0.5) is 0 Å². The van der Waals surface area contributed by atoms with Crippen LogP contribution < -0.4 is 10.6 Å². The Hall–Kier alpha value is -1.26. The highest BCUT2D eigenvalue weighted by Crippen LogP contribution is 2.47. The summed E-state index contributed by atoms with van der Waals surface area (Å²) in [5, 5.41) is 2.78. The summed E-state index contributed by atoms with van der Waals surface area (Å²) in [5.74, 6) is 0. The third-order valence-electron chi connectivity index (χ3n) is 3.32. The molecule has 0 unspecified atom stereocenters. The van der Waals surface area contributed by atoms with E-state index in [9.17, 15) is 0 Å². The minimum Gasteiger partial charge on any atom is -0.0924 e. The van der Waals surface area contributed by atoms with Crippen molar-refractivity contribution in [3.8, 4) is 0 Å². The summed E-state index contributed by atoms with van der Waals surface area (Å²) in [6.07, 6.45) is 4.62. The third kappa shape index (κ3) is 2.23. The molecule has 0 aliphatic heterocycles. The molecule has 0 spiro atoms. The molecule has 0 saturated heterocycles. The number of rotatable bonds is 3. The molecule has 0 aromatic heterocycles. The Morgan fingerprint density at radius 3 is 1.41 bits per heavy atom. The fourth-order valence-corrected chi connectivity index (χ4v) is 5.03. The molecule has 0 radical (unpaired) electrons. The van der Waals surface area contributed by atoms with Crippen LogP contribution in [0.15, 0.2) is 60.7 Å². The first-order valence-electron chi connectivity index (χ1n) is 6.00. The predicted molar refractivity (Wildman–Crippen MR) is 81.3 cm³/mol. The van der Waals surface area contributed by atoms with Gasteiger partial charge in [-0.05, 0) is 16.3 Å². The number of hydrogen-bond acceptors (Lipinski definition) is 0. The number of benzene rings is 2. The fourth-order valence-electron chi connectivity index (χ4n) is 2.13. The van der Waals surface area contributed by atoms with Crippen LogP contribution in [0.2, 0.25) is 0 Å². The van der Waals surface area contributed by atoms with Crippen LogP contribution in [0.3, 0.4) is 0 Å². The molecule has 0 N–H and O–H groups in total. The lowest BCUT2D eigenvalue weighted by atomic mass is 10.4. The zero-order chi connectivity index (χ0) is 12.3. The smallest absolute Gasteiger partial charge is 0.0197 e. The lowest BCUT2D eigenvalue weighted by Gasteiger charge is -2.29. The Morgan fingerprint density at radius 1 is 0.765 bits per heavy atom. The van der Waals surface area contributed by atoms with Gasteiger partial charge in [0.2, 0.25) is 0 Å². The van der Waals surface area contributed by atoms with Crippen molar-refractivity contribution in [3.63, 3.8) is 0 Å². The van der Waals surface area contributed by atoms with Crippen LogP contribution in [-0.2, 0) is 0 Å². The van der Waals surface area contributed by atoms with Gasteiger partial charge in [-0.1, -0.05) is 87.7 Å². The summed E-state index contributed by atoms with van der Waals surface area (Å²) >= 11 is 0. The van der Waals surface area contributed by atoms with Crippen molar-refractivity contribution >= 4 is 23.8 Å². The molecule has 2 aromatic carbocycles. The highest BCUT2D eigenvalue weighted by atomic mass is 31.2. The van der Waals surface area contributed by atoms with E-state index in [2.05, 4.69) is 80.8 Å². The maximum absolute atomic E-state index is 4.62. The van der Waals surface area contributed by atoms with Crippen LogP contribution in [0.5, 0.6) is 0 Å². The van der Waals surface area contributed by atoms with Gasteiger partial charge < -0.3 is 0 Å². The van der Waals surface area contributed by atoms with Crippen molar-refractivity contribution in [3.05, 3.63) is 60.7 Å². The van der Waals surface area contributed by atoms with Gasteiger partial charge >= 0.3 is 0 Å². The van der Waals surface area contributed by atoms with Gasteiger partial charge in [0, 0.05) is 0 Å². The molecule has 0 aliphatic carbocycles. The summed E-state index contributed by atoms with van der Waals surface area (Å²) < 4.78 is 0. The first kappa shape index (κ1) is 12.2. The van der Waals surface area contributed by atoms with E-state index in [0.717, 1.165) is 0 Å². The van der Waals surface area contributed by atoms with E-state index >= 15 is 0 Å². The minimum absolute atomic E-state index is 0.562. The second kappa shape index (κ2) is 4.94. The van der Waals surface area contributed by atoms with Crippen molar-refractivity contribution in [2.75, 3.05) is 0 Å². The van der Waals surface area contributed by atoms with E-state index < -0.39 is 6.89 Å². The summed E-state index contributed by atoms with van der Waals surface area (Å²) in [6.45, 7) is 3.06. The molecule has 1 heteroatoms. The van der Waals surface area contributed by atoms with Gasteiger partial charge in [0.1, 0.15) is 0 Å². The lowest BCUT2D eigenvalue weighted by molar-refractivity contribution is 1.10. The molecule has 0 nitrogen and oxygen atoms in total. The molecule has 0 amide bonds. The third-order valence-corrected chi connectivity index (χ3v) is 7.52. The van der Waals surface area contributed by atoms with Crippen LogP contribution in [-0.4, -0.2) is 12.0 Å². The van der Waals surface area contributed by atoms with Crippen LogP contribution in [0.1, 0.15) is 13.8 Å². The van der Waals surface area contributed by atoms with Gasteiger partial charge in [-0.2, -0.15) is 0 Å². The first-order chi connectivity index (χ1) is 8.15. The van der Waals surface area contributed by atoms with E-state index in [4.69, 9.17) is 0 Å². The summed E-state index contributed by atoms with van der Waals surface area (Å²) in [4.78, 5) is 0. The Bertz CT molecular complexity index is 468. The van der Waals surface area contributed by atoms with Crippen molar-refractivity contribution in [2.24, 2.45) is 0 Å². The average Bonchev–Trinajstić information content (AvgIpc) is 2.39. The second-order valence-electron chi connectivity index (χ2n) is 4.63. The quantitative estimate of drug-likeness (QED) is 0.723. The lowest BCUT2D eigenvalue weighted by Crippen LogP contribution is -2.22. The summed E-state index contributed by atoms with van der Waals surface area (Å²) in [5.41, 5.74) is 0.562. The summed E-state index contributed by atoms with van der Waals surface area (Å²) in [6, 6.07) is 21.4. The molecule has 0 heterocycles. The van der Waals surface area contributed by atoms with Crippen molar-refractivity contribution in [1.29, 1.82) is 0 Å². The highest BCUT2D eigenvalue weighted by Gasteiger charge is 2.22. The topological polar surface area (TPSA) is 0 Å². The van der Waals surface area contributed by atoms with E-state index in [-0.39, 0.29) is 0 Å². The van der Waals surface area contributed by atoms with Gasteiger partial charge in [-0.3, -0.25) is 0 Å². The van der Waals surface area contributed by atoms with Crippen LogP contribution in [0.25, 0.3) is 0 Å². The standard InChI is InChI=1S/C16H19P/c1-14(2)17(3,15-10-6-4-7-11-15)16-12-8-5-9-13-16/h4-14H,3H2,1-2H3. The van der Waals surface area contributed by atoms with Crippen molar-refractivity contribution < 1.29 is 0 Å². The maximum Gasteiger partial charge on any atom is -0.0197 e. The van der Waals surface area contributed by atoms with E-state index in [1.54, 1.807) is 0 Å². The highest BCUT2D eigenvalue weighted by molar-refractivity contribution is 7.87. The molecule has 0 saturated carbocycles. The predicted octanol–water partition coefficient (Wildman–Crippen LogP) is 3.50. The molecule has 0 bridgehead atoms. The SMILES string of the molecule is C=P(c1ccccc1)(c1ccccc1)C(C)C. The van der Waals surface area contributed by atoms with Gasteiger partial charge in [0.25, 0.3) is 0 Å². The average molecular weight is 242 g/mol. The van der Waals surface area contributed by atoms with E-state index in [0.29, 0.717) is 5.66 Å². The van der Waals surface area contributed by atoms with E-state index in [1.165, 1.54) is 10.6 Å². The van der Waals surface area contributed by atoms with Gasteiger partial charge in [-0.15, -0.1) is 0 Å². The van der Waals surface area contributed by atoms with Crippen LogP contribution >= 0.6 is 6.89 Å². The molecule has 2 aromatic rings. The maximum atomic E-state index is 4.62. The van der Waals surface area contributed by atoms with Crippen LogP contribution in [0, 0.1) is 0 Å². The monoisotopic (exact) mass is 242 g/mol. The van der Waals surface area contributed by atoms with Crippen molar-refractivity contribution in [2.45, 2.75) is 19.5 Å². The molecule has 0 atom stereocenters. The normalized spacial score (nSPS) is 11.7. The fraction of sp³-hybridized carbons (Fsp3) is 0.188. The van der Waals surface area contributed by atoms with Gasteiger partial charge in [0.15, 0.2) is 0 Å². The molecule has 17 heavy (non-hydrogen) atoms. The zero-order valence-corrected chi connectivity index (χ0v) is 11.4. The molecule has 2 rings (SSSR count). The Morgan fingerprint density at radius 2 is 1.12 bits per heavy atom. The number of hydrogen-bond donors (Lipinski definition) is 0. The Balaban J connectivity index is 2.60. The molecule has 0 aliphatic rings. The summed E-state index contributed by atoms with van der Waals surface area (Å²) in [7, 11) is 0. The molecular formula is C16H19P. The Kier molecular flexibility index (Phi) is 3.54. The molecular weight excluding hydrogens is 223 g/mol. The van der Waals surface area contributed by atoms with Crippen molar-refractivity contribution in [1.82, 2.24) is 0 Å². The first-order valence-corrected chi connectivity index (χ1v) is 8.04. The van der Waals surface area contributed by atoms with E-state index in [1.807, 2.05) is 0 Å².